The number of hydrogen-bond acceptors (Lipinski definition) is 4. The zero-order chi connectivity index (χ0) is 19.9. The molecule has 3 N–H and O–H groups in total. The summed E-state index contributed by atoms with van der Waals surface area (Å²) in [6.45, 7) is 1.43. The molecule has 3 rings (SSSR count). The summed E-state index contributed by atoms with van der Waals surface area (Å²) >= 11 is 0. The molecular weight excluding hydrogens is 359 g/mol. The quantitative estimate of drug-likeness (QED) is 0.483. The lowest BCUT2D eigenvalue weighted by Gasteiger charge is -2.06. The number of ketones is 1. The van der Waals surface area contributed by atoms with Crippen LogP contribution in [0.15, 0.2) is 64.1 Å². The SMILES string of the molecule is CC(=O)CN=C(N)Nc1cc(CCc2ccc(-c3ccccc3)c(F)c2)no1. The van der Waals surface area contributed by atoms with Gasteiger partial charge < -0.3 is 10.3 Å². The summed E-state index contributed by atoms with van der Waals surface area (Å²) in [5.74, 6) is 0.0797. The molecule has 0 atom stereocenters. The molecule has 7 heteroatoms. The smallest absolute Gasteiger partial charge is 0.231 e. The van der Waals surface area contributed by atoms with E-state index in [9.17, 15) is 9.18 Å². The van der Waals surface area contributed by atoms with Gasteiger partial charge in [0.15, 0.2) is 11.7 Å². The van der Waals surface area contributed by atoms with Crippen molar-refractivity contribution in [3.8, 4) is 11.1 Å². The Bertz CT molecular complexity index is 983. The van der Waals surface area contributed by atoms with E-state index < -0.39 is 0 Å². The standard InChI is InChI=1S/C21H21FN4O2/c1-14(27)13-24-21(23)25-20-12-17(26-28-20)9-7-15-8-10-18(19(22)11-15)16-5-3-2-4-6-16/h2-6,8,10-12H,7,9,13H2,1H3,(H3,23,24,25). The molecule has 0 bridgehead atoms. The molecule has 0 fully saturated rings. The highest BCUT2D eigenvalue weighted by molar-refractivity contribution is 5.92. The first-order valence-corrected chi connectivity index (χ1v) is 8.87. The fourth-order valence-electron chi connectivity index (χ4n) is 2.69. The zero-order valence-electron chi connectivity index (χ0n) is 15.5. The van der Waals surface area contributed by atoms with Crippen molar-refractivity contribution >= 4 is 17.6 Å². The summed E-state index contributed by atoms with van der Waals surface area (Å²) in [5, 5.41) is 6.70. The molecule has 0 saturated heterocycles. The van der Waals surface area contributed by atoms with E-state index in [1.807, 2.05) is 36.4 Å². The number of nitrogens with zero attached hydrogens (tertiary/aromatic N) is 2. The average molecular weight is 380 g/mol. The molecule has 0 saturated carbocycles. The maximum absolute atomic E-state index is 14.4. The van der Waals surface area contributed by atoms with Crippen LogP contribution in [0.1, 0.15) is 18.2 Å². The Hall–Kier alpha value is -3.48. The summed E-state index contributed by atoms with van der Waals surface area (Å²) in [7, 11) is 0. The van der Waals surface area contributed by atoms with Crippen LogP contribution in [0.25, 0.3) is 11.1 Å². The Morgan fingerprint density at radius 2 is 1.96 bits per heavy atom. The van der Waals surface area contributed by atoms with E-state index in [1.165, 1.54) is 6.92 Å². The Kier molecular flexibility index (Phi) is 6.16. The number of anilines is 1. The molecule has 6 nitrogen and oxygen atoms in total. The van der Waals surface area contributed by atoms with E-state index in [2.05, 4.69) is 15.5 Å². The molecule has 0 aliphatic heterocycles. The molecule has 0 unspecified atom stereocenters. The first-order chi connectivity index (χ1) is 13.5. The number of carbonyl (C=O) groups excluding carboxylic acids is 1. The first kappa shape index (κ1) is 19.3. The minimum Gasteiger partial charge on any atom is -0.370 e. The molecule has 144 valence electrons. The van der Waals surface area contributed by atoms with E-state index in [4.69, 9.17) is 10.3 Å². The van der Waals surface area contributed by atoms with Gasteiger partial charge >= 0.3 is 0 Å². The molecule has 0 aliphatic rings. The van der Waals surface area contributed by atoms with Gasteiger partial charge in [-0.3, -0.25) is 10.1 Å². The minimum atomic E-state index is -0.249. The van der Waals surface area contributed by atoms with Crippen LogP contribution in [-0.4, -0.2) is 23.4 Å². The number of Topliss-reactive ketones (excluding diaryl/α,β-unsaturated/α-hetero) is 1. The topological polar surface area (TPSA) is 93.5 Å². The van der Waals surface area contributed by atoms with Gasteiger partial charge in [0.1, 0.15) is 12.4 Å². The van der Waals surface area contributed by atoms with Gasteiger partial charge in [-0.15, -0.1) is 0 Å². The monoisotopic (exact) mass is 380 g/mol. The second kappa shape index (κ2) is 8.94. The Labute approximate surface area is 162 Å². The fourth-order valence-corrected chi connectivity index (χ4v) is 2.69. The third-order valence-electron chi connectivity index (χ3n) is 4.07. The van der Waals surface area contributed by atoms with Crippen molar-refractivity contribution in [3.05, 3.63) is 71.7 Å². The second-order valence-electron chi connectivity index (χ2n) is 6.39. The number of aryl methyl sites for hydroxylation is 2. The summed E-state index contributed by atoms with van der Waals surface area (Å²) in [4.78, 5) is 14.8. The molecule has 0 spiro atoms. The van der Waals surface area contributed by atoms with Crippen molar-refractivity contribution in [1.82, 2.24) is 5.16 Å². The summed E-state index contributed by atoms with van der Waals surface area (Å²) in [6, 6.07) is 16.4. The van der Waals surface area contributed by atoms with Gasteiger partial charge in [0.05, 0.1) is 5.69 Å². The van der Waals surface area contributed by atoms with Crippen molar-refractivity contribution in [3.63, 3.8) is 0 Å². The van der Waals surface area contributed by atoms with E-state index in [0.717, 1.165) is 11.1 Å². The maximum Gasteiger partial charge on any atom is 0.231 e. The normalized spacial score (nSPS) is 11.4. The van der Waals surface area contributed by atoms with Gasteiger partial charge in [0.2, 0.25) is 5.88 Å². The maximum atomic E-state index is 14.4. The van der Waals surface area contributed by atoms with Crippen LogP contribution in [0, 0.1) is 5.82 Å². The lowest BCUT2D eigenvalue weighted by molar-refractivity contribution is -0.115. The van der Waals surface area contributed by atoms with Crippen LogP contribution < -0.4 is 11.1 Å². The lowest BCUT2D eigenvalue weighted by Crippen LogP contribution is -2.23. The number of rotatable bonds is 7. The number of guanidine groups is 1. The Morgan fingerprint density at radius 3 is 2.68 bits per heavy atom. The highest BCUT2D eigenvalue weighted by Gasteiger charge is 2.09. The van der Waals surface area contributed by atoms with E-state index in [-0.39, 0.29) is 24.1 Å². The third kappa shape index (κ3) is 5.26. The second-order valence-corrected chi connectivity index (χ2v) is 6.39. The zero-order valence-corrected chi connectivity index (χ0v) is 15.5. The average Bonchev–Trinajstić information content (AvgIpc) is 3.13. The molecular formula is C21H21FN4O2. The molecule has 0 radical (unpaired) electrons. The highest BCUT2D eigenvalue weighted by atomic mass is 19.1. The van der Waals surface area contributed by atoms with Gasteiger partial charge in [0.25, 0.3) is 0 Å². The molecule has 1 heterocycles. The number of nitrogens with one attached hydrogen (secondary N) is 1. The van der Waals surface area contributed by atoms with Crippen molar-refractivity contribution in [2.24, 2.45) is 10.7 Å². The van der Waals surface area contributed by atoms with E-state index >= 15 is 0 Å². The molecule has 1 aromatic heterocycles. The summed E-state index contributed by atoms with van der Waals surface area (Å²) in [6.07, 6.45) is 1.20. The number of carbonyl (C=O) groups is 1. The lowest BCUT2D eigenvalue weighted by atomic mass is 10.0. The minimum absolute atomic E-state index is 0.00433. The number of aliphatic imine (C=N–C) groups is 1. The number of hydrogen-bond donors (Lipinski definition) is 2. The van der Waals surface area contributed by atoms with Gasteiger partial charge in [-0.2, -0.15) is 0 Å². The van der Waals surface area contributed by atoms with Gasteiger partial charge in [-0.25, -0.2) is 9.38 Å². The van der Waals surface area contributed by atoms with E-state index in [1.54, 1.807) is 18.2 Å². The largest absolute Gasteiger partial charge is 0.370 e. The van der Waals surface area contributed by atoms with Crippen LogP contribution in [0.4, 0.5) is 10.3 Å². The fraction of sp³-hybridized carbons (Fsp3) is 0.190. The molecule has 0 aliphatic carbocycles. The van der Waals surface area contributed by atoms with Gasteiger partial charge in [-0.05, 0) is 37.0 Å². The van der Waals surface area contributed by atoms with Crippen molar-refractivity contribution in [2.45, 2.75) is 19.8 Å². The third-order valence-corrected chi connectivity index (χ3v) is 4.07. The van der Waals surface area contributed by atoms with Crippen LogP contribution in [-0.2, 0) is 17.6 Å². The Balaban J connectivity index is 1.59. The number of benzene rings is 2. The molecule has 2 aromatic carbocycles. The Morgan fingerprint density at radius 1 is 1.18 bits per heavy atom. The van der Waals surface area contributed by atoms with Crippen molar-refractivity contribution in [1.29, 1.82) is 0 Å². The van der Waals surface area contributed by atoms with Gasteiger partial charge in [0, 0.05) is 11.6 Å². The predicted molar refractivity (Wildman–Crippen MR) is 107 cm³/mol. The van der Waals surface area contributed by atoms with Crippen LogP contribution in [0.2, 0.25) is 0 Å². The number of nitrogens with two attached hydrogens (primary N) is 1. The van der Waals surface area contributed by atoms with Crippen LogP contribution in [0.5, 0.6) is 0 Å². The molecule has 0 amide bonds. The highest BCUT2D eigenvalue weighted by Crippen LogP contribution is 2.24. The van der Waals surface area contributed by atoms with Crippen LogP contribution >= 0.6 is 0 Å². The van der Waals surface area contributed by atoms with Crippen molar-refractivity contribution < 1.29 is 13.7 Å². The number of halogens is 1. The first-order valence-electron chi connectivity index (χ1n) is 8.87. The van der Waals surface area contributed by atoms with Gasteiger partial charge in [-0.1, -0.05) is 47.6 Å². The summed E-state index contributed by atoms with van der Waals surface area (Å²) in [5.41, 5.74) is 8.67. The van der Waals surface area contributed by atoms with E-state index in [0.29, 0.717) is 30.0 Å². The molecule has 3 aromatic rings. The number of aromatic nitrogens is 1. The summed E-state index contributed by atoms with van der Waals surface area (Å²) < 4.78 is 19.6. The van der Waals surface area contributed by atoms with Crippen LogP contribution in [0.3, 0.4) is 0 Å². The predicted octanol–water partition coefficient (Wildman–Crippen LogP) is 3.58. The molecule has 28 heavy (non-hydrogen) atoms. The van der Waals surface area contributed by atoms with Crippen molar-refractivity contribution in [2.75, 3.05) is 11.9 Å².